The van der Waals surface area contributed by atoms with Gasteiger partial charge in [-0.1, -0.05) is 0 Å². The maximum Gasteiger partial charge on any atom is 0.293 e. The Kier molecular flexibility index (Phi) is 5.90. The van der Waals surface area contributed by atoms with Gasteiger partial charge in [-0.2, -0.15) is 0 Å². The second-order valence-electron chi connectivity index (χ2n) is 7.01. The van der Waals surface area contributed by atoms with E-state index in [1.165, 1.54) is 29.2 Å². The molecule has 1 saturated heterocycles. The molecule has 0 radical (unpaired) electrons. The van der Waals surface area contributed by atoms with Crippen molar-refractivity contribution < 1.29 is 18.7 Å². The van der Waals surface area contributed by atoms with E-state index in [2.05, 4.69) is 9.55 Å². The van der Waals surface area contributed by atoms with Crippen LogP contribution in [0, 0.1) is 19.7 Å². The zero-order valence-corrected chi connectivity index (χ0v) is 17.9. The first kappa shape index (κ1) is 20.9. The molecule has 158 valence electrons. The second kappa shape index (κ2) is 8.77. The lowest BCUT2D eigenvalue weighted by molar-refractivity contribution is -0.123. The Morgan fingerprint density at radius 2 is 1.94 bits per heavy atom. The Balaban J connectivity index is 1.48. The minimum Gasteiger partial charge on any atom is -0.492 e. The van der Waals surface area contributed by atoms with Gasteiger partial charge in [-0.05, 0) is 79.7 Å². The fourth-order valence-corrected chi connectivity index (χ4v) is 4.29. The number of carbonyl (C=O) groups is 2. The summed E-state index contributed by atoms with van der Waals surface area (Å²) in [5, 5.41) is -0.333. The molecule has 1 aromatic carbocycles. The van der Waals surface area contributed by atoms with E-state index in [0.717, 1.165) is 34.4 Å². The topological polar surface area (TPSA) is 64.4 Å². The lowest BCUT2D eigenvalue weighted by atomic mass is 10.2. The van der Waals surface area contributed by atoms with Crippen molar-refractivity contribution in [2.75, 3.05) is 13.2 Å². The predicted molar refractivity (Wildman–Crippen MR) is 118 cm³/mol. The van der Waals surface area contributed by atoms with Crippen LogP contribution in [0.4, 0.5) is 9.18 Å². The zero-order valence-electron chi connectivity index (χ0n) is 17.0. The van der Waals surface area contributed by atoms with Crippen molar-refractivity contribution in [1.82, 2.24) is 14.5 Å². The van der Waals surface area contributed by atoms with Crippen LogP contribution in [0.3, 0.4) is 0 Å². The average Bonchev–Trinajstić information content (AvgIpc) is 3.19. The first-order valence-corrected chi connectivity index (χ1v) is 10.5. The highest BCUT2D eigenvalue weighted by Crippen LogP contribution is 2.33. The summed E-state index contributed by atoms with van der Waals surface area (Å²) in [5.74, 6) is -0.220. The van der Waals surface area contributed by atoms with Crippen LogP contribution in [-0.4, -0.2) is 38.7 Å². The third-order valence-electron chi connectivity index (χ3n) is 4.93. The van der Waals surface area contributed by atoms with E-state index in [1.54, 1.807) is 18.5 Å². The maximum absolute atomic E-state index is 13.0. The molecule has 0 aliphatic carbocycles. The largest absolute Gasteiger partial charge is 0.492 e. The normalized spacial score (nSPS) is 15.2. The van der Waals surface area contributed by atoms with E-state index >= 15 is 0 Å². The summed E-state index contributed by atoms with van der Waals surface area (Å²) in [5.41, 5.74) is 3.76. The van der Waals surface area contributed by atoms with Gasteiger partial charge in [-0.15, -0.1) is 0 Å². The van der Waals surface area contributed by atoms with Gasteiger partial charge >= 0.3 is 0 Å². The van der Waals surface area contributed by atoms with Gasteiger partial charge in [0.2, 0.25) is 0 Å². The van der Waals surface area contributed by atoms with Gasteiger partial charge in [0.1, 0.15) is 18.2 Å². The predicted octanol–water partition coefficient (Wildman–Crippen LogP) is 4.74. The van der Waals surface area contributed by atoms with Gasteiger partial charge in [0.05, 0.1) is 23.3 Å². The van der Waals surface area contributed by atoms with Crippen LogP contribution in [0.15, 0.2) is 59.8 Å². The van der Waals surface area contributed by atoms with Crippen molar-refractivity contribution in [1.29, 1.82) is 0 Å². The molecular formula is C23H20FN3O3S. The Bertz CT molecular complexity index is 1160. The number of nitrogens with zero attached hydrogens (tertiary/aromatic N) is 3. The van der Waals surface area contributed by atoms with Crippen LogP contribution < -0.4 is 4.74 Å². The molecule has 0 spiro atoms. The Morgan fingerprint density at radius 1 is 1.16 bits per heavy atom. The number of thioether (sulfide) groups is 1. The van der Waals surface area contributed by atoms with Crippen LogP contribution in [0.1, 0.15) is 17.0 Å². The summed E-state index contributed by atoms with van der Waals surface area (Å²) >= 11 is 0.916. The number of aryl methyl sites for hydroxylation is 1. The quantitative estimate of drug-likeness (QED) is 0.521. The van der Waals surface area contributed by atoms with E-state index in [-0.39, 0.29) is 30.1 Å². The number of halogens is 1. The number of amides is 2. The van der Waals surface area contributed by atoms with Gasteiger partial charge < -0.3 is 9.30 Å². The van der Waals surface area contributed by atoms with Crippen LogP contribution in [0.2, 0.25) is 0 Å². The monoisotopic (exact) mass is 437 g/mol. The number of aromatic nitrogens is 2. The smallest absolute Gasteiger partial charge is 0.293 e. The highest BCUT2D eigenvalue weighted by molar-refractivity contribution is 8.18. The molecule has 1 fully saturated rings. The van der Waals surface area contributed by atoms with Crippen molar-refractivity contribution in [2.24, 2.45) is 0 Å². The SMILES string of the molecule is Cc1cc(/C=C2/SC(=O)N(CCOc3ccc(F)cc3)C2=O)c(C)n1-c1cccnc1. The summed E-state index contributed by atoms with van der Waals surface area (Å²) in [4.78, 5) is 30.8. The molecule has 2 amide bonds. The third kappa shape index (κ3) is 4.39. The number of benzene rings is 1. The molecule has 3 heterocycles. The lowest BCUT2D eigenvalue weighted by Gasteiger charge is -2.13. The number of rotatable bonds is 6. The molecule has 3 aromatic rings. The third-order valence-corrected chi connectivity index (χ3v) is 5.84. The fourth-order valence-electron chi connectivity index (χ4n) is 3.44. The molecule has 0 N–H and O–H groups in total. The van der Waals surface area contributed by atoms with E-state index < -0.39 is 0 Å². The summed E-state index contributed by atoms with van der Waals surface area (Å²) in [6.07, 6.45) is 5.24. The summed E-state index contributed by atoms with van der Waals surface area (Å²) in [7, 11) is 0. The van der Waals surface area contributed by atoms with Crippen molar-refractivity contribution in [3.8, 4) is 11.4 Å². The van der Waals surface area contributed by atoms with Crippen LogP contribution in [-0.2, 0) is 4.79 Å². The molecule has 31 heavy (non-hydrogen) atoms. The van der Waals surface area contributed by atoms with E-state index in [1.807, 2.05) is 32.0 Å². The standard InChI is InChI=1S/C23H20FN3O3S/c1-15-12-17(16(2)27(15)19-4-3-9-25-14-19)13-21-22(28)26(23(29)31-21)10-11-30-20-7-5-18(24)6-8-20/h3-9,12-14H,10-11H2,1-2H3/b21-13+. The number of pyridine rings is 1. The first-order chi connectivity index (χ1) is 14.9. The van der Waals surface area contributed by atoms with Crippen molar-refractivity contribution in [3.05, 3.63) is 82.5 Å². The Hall–Kier alpha value is -3.39. The van der Waals surface area contributed by atoms with E-state index in [0.29, 0.717) is 10.7 Å². The fraction of sp³-hybridized carbons (Fsp3) is 0.174. The van der Waals surface area contributed by atoms with E-state index in [4.69, 9.17) is 4.74 Å². The number of imide groups is 1. The van der Waals surface area contributed by atoms with Crippen molar-refractivity contribution in [3.63, 3.8) is 0 Å². The molecule has 1 aliphatic heterocycles. The second-order valence-corrected chi connectivity index (χ2v) is 8.00. The van der Waals surface area contributed by atoms with Gasteiger partial charge in [-0.25, -0.2) is 4.39 Å². The van der Waals surface area contributed by atoms with Crippen LogP contribution in [0.25, 0.3) is 11.8 Å². The van der Waals surface area contributed by atoms with Crippen molar-refractivity contribution in [2.45, 2.75) is 13.8 Å². The molecule has 0 bridgehead atoms. The number of hydrogen-bond donors (Lipinski definition) is 0. The summed E-state index contributed by atoms with van der Waals surface area (Å²) in [6, 6.07) is 11.4. The number of carbonyl (C=O) groups excluding carboxylic acids is 2. The molecule has 0 atom stereocenters. The van der Waals surface area contributed by atoms with E-state index in [9.17, 15) is 14.0 Å². The molecule has 8 heteroatoms. The Labute approximate surface area is 183 Å². The van der Waals surface area contributed by atoms with Gasteiger partial charge in [0.25, 0.3) is 11.1 Å². The van der Waals surface area contributed by atoms with Gasteiger partial charge in [0.15, 0.2) is 0 Å². The maximum atomic E-state index is 13.0. The van der Waals surface area contributed by atoms with Gasteiger partial charge in [0, 0.05) is 17.6 Å². The minimum atomic E-state index is -0.355. The highest BCUT2D eigenvalue weighted by atomic mass is 32.2. The molecule has 0 saturated carbocycles. The summed E-state index contributed by atoms with van der Waals surface area (Å²) < 4.78 is 20.5. The van der Waals surface area contributed by atoms with Crippen molar-refractivity contribution >= 4 is 29.0 Å². The molecule has 4 rings (SSSR count). The van der Waals surface area contributed by atoms with Crippen LogP contribution in [0.5, 0.6) is 5.75 Å². The minimum absolute atomic E-state index is 0.119. The highest BCUT2D eigenvalue weighted by Gasteiger charge is 2.35. The first-order valence-electron chi connectivity index (χ1n) is 9.67. The van der Waals surface area contributed by atoms with Gasteiger partial charge in [-0.3, -0.25) is 19.5 Å². The molecule has 0 unspecified atom stereocenters. The average molecular weight is 437 g/mol. The summed E-state index contributed by atoms with van der Waals surface area (Å²) in [6.45, 7) is 4.20. The number of ether oxygens (including phenoxy) is 1. The zero-order chi connectivity index (χ0) is 22.0. The lowest BCUT2D eigenvalue weighted by Crippen LogP contribution is -2.32. The molecule has 1 aliphatic rings. The molecule has 2 aromatic heterocycles. The Morgan fingerprint density at radius 3 is 2.65 bits per heavy atom. The van der Waals surface area contributed by atoms with Crippen LogP contribution >= 0.6 is 11.8 Å². The molecular weight excluding hydrogens is 417 g/mol. The molecule has 6 nitrogen and oxygen atoms in total. The number of hydrogen-bond acceptors (Lipinski definition) is 5.